The fourth-order valence-corrected chi connectivity index (χ4v) is 5.84. The number of furan rings is 1. The summed E-state index contributed by atoms with van der Waals surface area (Å²) in [6.45, 7) is 4.16. The molecular formula is C23H26ClN3O6S. The Morgan fingerprint density at radius 3 is 2.50 bits per heavy atom. The van der Waals surface area contributed by atoms with Crippen molar-refractivity contribution >= 4 is 38.7 Å². The van der Waals surface area contributed by atoms with Crippen LogP contribution in [0.1, 0.15) is 44.1 Å². The fourth-order valence-electron chi connectivity index (χ4n) is 4.36. The molecule has 2 aromatic carbocycles. The van der Waals surface area contributed by atoms with Gasteiger partial charge in [0.25, 0.3) is 10.9 Å². The third-order valence-corrected chi connectivity index (χ3v) is 8.70. The quantitative estimate of drug-likeness (QED) is 0.261. The Bertz CT molecular complexity index is 1430. The maximum absolute atomic E-state index is 12.6. The van der Waals surface area contributed by atoms with Crippen molar-refractivity contribution in [1.29, 1.82) is 0 Å². The predicted molar refractivity (Wildman–Crippen MR) is 130 cm³/mol. The molecule has 1 atom stereocenters. The molecule has 1 aromatic heterocycles. The second kappa shape index (κ2) is 8.44. The van der Waals surface area contributed by atoms with Crippen LogP contribution in [0.5, 0.6) is 5.75 Å². The van der Waals surface area contributed by atoms with Gasteiger partial charge in [0, 0.05) is 26.1 Å². The highest BCUT2D eigenvalue weighted by Gasteiger charge is 2.38. The van der Waals surface area contributed by atoms with Crippen LogP contribution in [0.2, 0.25) is 5.02 Å². The number of phenols is 1. The molecule has 0 spiro atoms. The van der Waals surface area contributed by atoms with E-state index in [1.54, 1.807) is 6.26 Å². The number of benzene rings is 1. The van der Waals surface area contributed by atoms with Crippen LogP contribution in [0.15, 0.2) is 43.4 Å². The number of hydrogen-bond donors (Lipinski definition) is 3. The molecule has 0 saturated heterocycles. The summed E-state index contributed by atoms with van der Waals surface area (Å²) in [5.74, 6) is 0.192. The van der Waals surface area contributed by atoms with Gasteiger partial charge in [-0.15, -0.1) is 0 Å². The van der Waals surface area contributed by atoms with Gasteiger partial charge < -0.3 is 20.2 Å². The van der Waals surface area contributed by atoms with Crippen LogP contribution in [-0.4, -0.2) is 31.9 Å². The first kappa shape index (κ1) is 24.3. The molecule has 1 aliphatic rings. The highest BCUT2D eigenvalue weighted by molar-refractivity contribution is 7.89. The van der Waals surface area contributed by atoms with E-state index in [9.17, 15) is 23.1 Å². The summed E-state index contributed by atoms with van der Waals surface area (Å²) >= 11 is 6.06. The Hall–Kier alpha value is -2.82. The Kier molecular flexibility index (Phi) is 6.03. The maximum atomic E-state index is 12.6. The second-order valence-electron chi connectivity index (χ2n) is 9.31. The topological polar surface area (TPSA) is 129 Å². The van der Waals surface area contributed by atoms with E-state index < -0.39 is 31.5 Å². The molecule has 0 saturated carbocycles. The molecule has 4 rings (SSSR count). The standard InChI is InChI=1S/C23H26ClN3O6S/c1-23(2)10-5-6-15-12(9-11-33-15)22(23)26-17-16(19(29)20(17)30)25-14-8-7-13(24)21(18(14)28)34(31,32)27(3)4/h7-9,11,22,25-26,28H,5-6,10H2,1-4H3/t22-/m1/s1. The summed E-state index contributed by atoms with van der Waals surface area (Å²) in [7, 11) is -1.46. The van der Waals surface area contributed by atoms with Crippen LogP contribution in [-0.2, 0) is 16.4 Å². The molecule has 9 nitrogen and oxygen atoms in total. The zero-order valence-electron chi connectivity index (χ0n) is 19.2. The third-order valence-electron chi connectivity index (χ3n) is 6.38. The smallest absolute Gasteiger partial charge is 0.253 e. The number of fused-ring (bicyclic) bond motifs is 1. The molecule has 0 bridgehead atoms. The number of anilines is 3. The van der Waals surface area contributed by atoms with E-state index in [-0.39, 0.29) is 33.5 Å². The molecule has 11 heteroatoms. The van der Waals surface area contributed by atoms with Gasteiger partial charge in [0.1, 0.15) is 22.0 Å². The van der Waals surface area contributed by atoms with Crippen molar-refractivity contribution in [3.8, 4) is 5.75 Å². The van der Waals surface area contributed by atoms with Gasteiger partial charge in [-0.05, 0) is 36.5 Å². The molecular weight excluding hydrogens is 482 g/mol. The van der Waals surface area contributed by atoms with Crippen LogP contribution in [0, 0.1) is 5.41 Å². The van der Waals surface area contributed by atoms with Gasteiger partial charge in [0.15, 0.2) is 5.75 Å². The van der Waals surface area contributed by atoms with Crippen molar-refractivity contribution in [2.45, 2.75) is 44.0 Å². The number of aryl methyl sites for hydroxylation is 1. The molecule has 1 aliphatic carbocycles. The highest BCUT2D eigenvalue weighted by atomic mass is 35.5. The maximum Gasteiger partial charge on any atom is 0.253 e. The van der Waals surface area contributed by atoms with Crippen LogP contribution in [0.3, 0.4) is 0 Å². The Labute approximate surface area is 202 Å². The molecule has 3 aromatic rings. The number of hydrogen-bond acceptors (Lipinski definition) is 8. The summed E-state index contributed by atoms with van der Waals surface area (Å²) in [6, 6.07) is 4.21. The van der Waals surface area contributed by atoms with Gasteiger partial charge in [-0.3, -0.25) is 9.59 Å². The number of rotatable bonds is 6. The lowest BCUT2D eigenvalue weighted by Gasteiger charge is -2.35. The largest absolute Gasteiger partial charge is 0.504 e. The van der Waals surface area contributed by atoms with Crippen LogP contribution in [0.4, 0.5) is 17.1 Å². The minimum atomic E-state index is -4.07. The zero-order chi connectivity index (χ0) is 25.0. The minimum absolute atomic E-state index is 0.0547. The summed E-state index contributed by atoms with van der Waals surface area (Å²) in [6.07, 6.45) is 4.19. The van der Waals surface area contributed by atoms with Crippen molar-refractivity contribution < 1.29 is 17.9 Å². The van der Waals surface area contributed by atoms with Crippen molar-refractivity contribution in [3.05, 3.63) is 61.3 Å². The summed E-state index contributed by atoms with van der Waals surface area (Å²) in [5.41, 5.74) is -0.833. The number of phenolic OH excluding ortho intramolecular Hbond substituents is 1. The highest BCUT2D eigenvalue weighted by Crippen LogP contribution is 2.45. The Balaban J connectivity index is 1.73. The van der Waals surface area contributed by atoms with E-state index in [0.29, 0.717) is 0 Å². The molecule has 0 fully saturated rings. The van der Waals surface area contributed by atoms with E-state index in [1.807, 2.05) is 6.07 Å². The van der Waals surface area contributed by atoms with Gasteiger partial charge in [-0.2, -0.15) is 0 Å². The van der Waals surface area contributed by atoms with Crippen LogP contribution < -0.4 is 21.5 Å². The summed E-state index contributed by atoms with van der Waals surface area (Å²) in [4.78, 5) is 24.5. The average Bonchev–Trinajstić information content (AvgIpc) is 3.17. The van der Waals surface area contributed by atoms with Crippen LogP contribution >= 0.6 is 11.6 Å². The van der Waals surface area contributed by atoms with Crippen LogP contribution in [0.25, 0.3) is 0 Å². The first-order valence-corrected chi connectivity index (χ1v) is 12.5. The lowest BCUT2D eigenvalue weighted by Crippen LogP contribution is -2.39. The van der Waals surface area contributed by atoms with Gasteiger partial charge in [0.05, 0.1) is 23.0 Å². The van der Waals surface area contributed by atoms with Gasteiger partial charge in [-0.25, -0.2) is 12.7 Å². The molecule has 0 aliphatic heterocycles. The molecule has 3 N–H and O–H groups in total. The summed E-state index contributed by atoms with van der Waals surface area (Å²) < 4.78 is 31.8. The van der Waals surface area contributed by atoms with E-state index >= 15 is 0 Å². The van der Waals surface area contributed by atoms with Crippen molar-refractivity contribution in [3.63, 3.8) is 0 Å². The molecule has 0 radical (unpaired) electrons. The molecule has 1 heterocycles. The number of halogens is 1. The van der Waals surface area contributed by atoms with E-state index in [2.05, 4.69) is 24.5 Å². The summed E-state index contributed by atoms with van der Waals surface area (Å²) in [5, 5.41) is 16.5. The first-order valence-electron chi connectivity index (χ1n) is 10.7. The number of sulfonamides is 1. The van der Waals surface area contributed by atoms with Crippen molar-refractivity contribution in [2.24, 2.45) is 5.41 Å². The number of nitrogens with zero attached hydrogens (tertiary/aromatic N) is 1. The average molecular weight is 508 g/mol. The predicted octanol–water partition coefficient (Wildman–Crippen LogP) is 3.74. The second-order valence-corrected chi connectivity index (χ2v) is 11.8. The Morgan fingerprint density at radius 2 is 1.82 bits per heavy atom. The SMILES string of the molecule is CN(C)S(=O)(=O)c1c(Cl)ccc(Nc2c(N[C@@H]3c4ccoc4CCCC3(C)C)c(=O)c2=O)c1O. The van der Waals surface area contributed by atoms with Crippen molar-refractivity contribution in [1.82, 2.24) is 4.31 Å². The lowest BCUT2D eigenvalue weighted by atomic mass is 9.78. The lowest BCUT2D eigenvalue weighted by molar-refractivity contribution is 0.284. The first-order chi connectivity index (χ1) is 15.9. The zero-order valence-corrected chi connectivity index (χ0v) is 20.8. The molecule has 0 unspecified atom stereocenters. The van der Waals surface area contributed by atoms with Gasteiger partial charge >= 0.3 is 0 Å². The molecule has 0 amide bonds. The molecule has 182 valence electrons. The van der Waals surface area contributed by atoms with E-state index in [1.165, 1.54) is 26.2 Å². The molecule has 34 heavy (non-hydrogen) atoms. The fraction of sp³-hybridized carbons (Fsp3) is 0.391. The number of aromatic hydroxyl groups is 1. The van der Waals surface area contributed by atoms with Gasteiger partial charge in [-0.1, -0.05) is 25.4 Å². The normalized spacial score (nSPS) is 18.0. The third kappa shape index (κ3) is 3.89. The number of nitrogens with one attached hydrogen (secondary N) is 2. The minimum Gasteiger partial charge on any atom is -0.504 e. The Morgan fingerprint density at radius 1 is 1.15 bits per heavy atom. The van der Waals surface area contributed by atoms with Gasteiger partial charge in [0.2, 0.25) is 10.0 Å². The van der Waals surface area contributed by atoms with Crippen molar-refractivity contribution in [2.75, 3.05) is 24.7 Å². The monoisotopic (exact) mass is 507 g/mol. The van der Waals surface area contributed by atoms with E-state index in [4.69, 9.17) is 16.0 Å². The van der Waals surface area contributed by atoms with E-state index in [0.717, 1.165) is 34.9 Å².